The number of ether oxygens (including phenoxy) is 1. The van der Waals surface area contributed by atoms with Crippen LogP contribution < -0.4 is 5.32 Å². The van der Waals surface area contributed by atoms with Crippen LogP contribution in [0.3, 0.4) is 0 Å². The van der Waals surface area contributed by atoms with Crippen molar-refractivity contribution in [1.29, 1.82) is 0 Å². The normalized spacial score (nSPS) is 17.5. The molecule has 23 heavy (non-hydrogen) atoms. The molecule has 0 saturated carbocycles. The number of phenolic OH excluding ortho intramolecular Hbond substituents is 1. The molecule has 2 N–H and O–H groups in total. The lowest BCUT2D eigenvalue weighted by Crippen LogP contribution is -2.32. The van der Waals surface area contributed by atoms with Crippen molar-refractivity contribution in [2.75, 3.05) is 33.4 Å². The summed E-state index contributed by atoms with van der Waals surface area (Å²) in [5.41, 5.74) is 1.01. The van der Waals surface area contributed by atoms with E-state index in [4.69, 9.17) is 4.74 Å². The molecule has 1 aliphatic rings. The van der Waals surface area contributed by atoms with Gasteiger partial charge >= 0.3 is 0 Å². The standard InChI is InChI=1S/C17H24N2O4/c1-23-9-8-19-12-14(10-17(19)22)11-18-16(21)7-4-13-2-5-15(20)6-3-13/h2-3,5-6,14,20H,4,7-12H2,1H3,(H,18,21)/t14-/m0/s1. The molecule has 1 atom stereocenters. The van der Waals surface area contributed by atoms with Gasteiger partial charge in [0.1, 0.15) is 5.75 Å². The Morgan fingerprint density at radius 2 is 2.13 bits per heavy atom. The molecule has 6 nitrogen and oxygen atoms in total. The van der Waals surface area contributed by atoms with Crippen LogP contribution in [0.15, 0.2) is 24.3 Å². The van der Waals surface area contributed by atoms with Crippen molar-refractivity contribution in [2.45, 2.75) is 19.3 Å². The van der Waals surface area contributed by atoms with Gasteiger partial charge in [-0.25, -0.2) is 0 Å². The molecule has 0 spiro atoms. The second kappa shape index (κ2) is 8.53. The molecule has 1 fully saturated rings. The number of likely N-dealkylation sites (tertiary alicyclic amines) is 1. The minimum Gasteiger partial charge on any atom is -0.508 e. The number of hydrogen-bond acceptors (Lipinski definition) is 4. The third-order valence-corrected chi connectivity index (χ3v) is 4.02. The quantitative estimate of drug-likeness (QED) is 0.747. The number of rotatable bonds is 8. The first-order chi connectivity index (χ1) is 11.1. The molecule has 2 amide bonds. The monoisotopic (exact) mass is 320 g/mol. The SMILES string of the molecule is COCCN1C[C@H](CNC(=O)CCc2ccc(O)cc2)CC1=O. The van der Waals surface area contributed by atoms with Gasteiger partial charge in [-0.15, -0.1) is 0 Å². The van der Waals surface area contributed by atoms with Crippen molar-refractivity contribution in [3.8, 4) is 5.75 Å². The Morgan fingerprint density at radius 3 is 2.83 bits per heavy atom. The molecule has 0 aliphatic carbocycles. The minimum atomic E-state index is -0.0131. The summed E-state index contributed by atoms with van der Waals surface area (Å²) in [6.07, 6.45) is 1.52. The van der Waals surface area contributed by atoms with Crippen LogP contribution in [0.4, 0.5) is 0 Å². The van der Waals surface area contributed by atoms with Crippen LogP contribution in [0.1, 0.15) is 18.4 Å². The maximum Gasteiger partial charge on any atom is 0.223 e. The predicted molar refractivity (Wildman–Crippen MR) is 86.0 cm³/mol. The van der Waals surface area contributed by atoms with Crippen LogP contribution in [0, 0.1) is 5.92 Å². The van der Waals surface area contributed by atoms with Crippen molar-refractivity contribution in [3.05, 3.63) is 29.8 Å². The maximum atomic E-state index is 11.9. The molecule has 1 aromatic rings. The maximum absolute atomic E-state index is 11.9. The van der Waals surface area contributed by atoms with Gasteiger partial charge in [0.15, 0.2) is 0 Å². The molecule has 6 heteroatoms. The fourth-order valence-electron chi connectivity index (χ4n) is 2.68. The predicted octanol–water partition coefficient (Wildman–Crippen LogP) is 0.936. The Morgan fingerprint density at radius 1 is 1.39 bits per heavy atom. The molecular formula is C17H24N2O4. The van der Waals surface area contributed by atoms with Crippen LogP contribution in [0.25, 0.3) is 0 Å². The first-order valence-corrected chi connectivity index (χ1v) is 7.90. The number of nitrogens with one attached hydrogen (secondary N) is 1. The Bertz CT molecular complexity index is 530. The number of carbonyl (C=O) groups excluding carboxylic acids is 2. The number of hydrogen-bond donors (Lipinski definition) is 2. The molecule has 0 radical (unpaired) electrons. The lowest BCUT2D eigenvalue weighted by atomic mass is 10.1. The van der Waals surface area contributed by atoms with E-state index < -0.39 is 0 Å². The lowest BCUT2D eigenvalue weighted by molar-refractivity contribution is -0.128. The fourth-order valence-corrected chi connectivity index (χ4v) is 2.68. The van der Waals surface area contributed by atoms with Gasteiger partial charge in [0.25, 0.3) is 0 Å². The van der Waals surface area contributed by atoms with Crippen molar-refractivity contribution in [2.24, 2.45) is 5.92 Å². The van der Waals surface area contributed by atoms with E-state index in [0.29, 0.717) is 45.5 Å². The van der Waals surface area contributed by atoms with Crippen LogP contribution in [-0.4, -0.2) is 55.2 Å². The average molecular weight is 320 g/mol. The van der Waals surface area contributed by atoms with Gasteiger partial charge in [-0.1, -0.05) is 12.1 Å². The Kier molecular flexibility index (Phi) is 6.40. The molecule has 2 rings (SSSR count). The van der Waals surface area contributed by atoms with Crippen molar-refractivity contribution < 1.29 is 19.4 Å². The minimum absolute atomic E-state index is 0.0131. The fraction of sp³-hybridized carbons (Fsp3) is 0.529. The zero-order valence-electron chi connectivity index (χ0n) is 13.5. The molecule has 0 unspecified atom stereocenters. The third-order valence-electron chi connectivity index (χ3n) is 4.02. The van der Waals surface area contributed by atoms with Gasteiger partial charge in [0, 0.05) is 45.5 Å². The van der Waals surface area contributed by atoms with E-state index >= 15 is 0 Å². The number of aryl methyl sites for hydroxylation is 1. The summed E-state index contributed by atoms with van der Waals surface area (Å²) in [4.78, 5) is 25.5. The highest BCUT2D eigenvalue weighted by atomic mass is 16.5. The molecule has 1 aromatic carbocycles. The second-order valence-electron chi connectivity index (χ2n) is 5.87. The zero-order valence-corrected chi connectivity index (χ0v) is 13.5. The Hall–Kier alpha value is -2.08. The summed E-state index contributed by atoms with van der Waals surface area (Å²) in [6.45, 7) is 2.36. The molecule has 1 aliphatic heterocycles. The van der Waals surface area contributed by atoms with Crippen molar-refractivity contribution in [3.63, 3.8) is 0 Å². The van der Waals surface area contributed by atoms with E-state index in [-0.39, 0.29) is 23.5 Å². The lowest BCUT2D eigenvalue weighted by Gasteiger charge is -2.16. The van der Waals surface area contributed by atoms with Crippen molar-refractivity contribution >= 4 is 11.8 Å². The molecular weight excluding hydrogens is 296 g/mol. The van der Waals surface area contributed by atoms with Crippen LogP contribution in [0.5, 0.6) is 5.75 Å². The highest BCUT2D eigenvalue weighted by Gasteiger charge is 2.29. The van der Waals surface area contributed by atoms with E-state index in [1.807, 2.05) is 12.1 Å². The molecule has 1 saturated heterocycles. The summed E-state index contributed by atoms with van der Waals surface area (Å²) in [7, 11) is 1.62. The number of phenols is 1. The Balaban J connectivity index is 1.66. The smallest absolute Gasteiger partial charge is 0.223 e. The van der Waals surface area contributed by atoms with E-state index in [1.165, 1.54) is 0 Å². The summed E-state index contributed by atoms with van der Waals surface area (Å²) in [6, 6.07) is 6.86. The summed E-state index contributed by atoms with van der Waals surface area (Å²) in [5, 5.41) is 12.1. The summed E-state index contributed by atoms with van der Waals surface area (Å²) < 4.78 is 4.99. The number of carbonyl (C=O) groups is 2. The molecule has 1 heterocycles. The number of aromatic hydroxyl groups is 1. The first kappa shape index (κ1) is 17.3. The average Bonchev–Trinajstić information content (AvgIpc) is 2.90. The summed E-state index contributed by atoms with van der Waals surface area (Å²) >= 11 is 0. The van der Waals surface area contributed by atoms with Gasteiger partial charge in [0.2, 0.25) is 11.8 Å². The number of methoxy groups -OCH3 is 1. The molecule has 126 valence electrons. The van der Waals surface area contributed by atoms with Gasteiger partial charge in [-0.3, -0.25) is 9.59 Å². The van der Waals surface area contributed by atoms with Crippen molar-refractivity contribution in [1.82, 2.24) is 10.2 Å². The highest BCUT2D eigenvalue weighted by molar-refractivity contribution is 5.79. The van der Waals surface area contributed by atoms with E-state index in [2.05, 4.69) is 5.32 Å². The highest BCUT2D eigenvalue weighted by Crippen LogP contribution is 2.16. The second-order valence-corrected chi connectivity index (χ2v) is 5.87. The number of benzene rings is 1. The molecule has 0 aromatic heterocycles. The third kappa shape index (κ3) is 5.56. The topological polar surface area (TPSA) is 78.9 Å². The number of amides is 2. The number of nitrogens with zero attached hydrogens (tertiary/aromatic N) is 1. The van der Waals surface area contributed by atoms with E-state index in [1.54, 1.807) is 24.1 Å². The van der Waals surface area contributed by atoms with Crippen LogP contribution >= 0.6 is 0 Å². The Labute approximate surface area is 136 Å². The van der Waals surface area contributed by atoms with Crippen LogP contribution in [-0.2, 0) is 20.7 Å². The molecule has 0 bridgehead atoms. The van der Waals surface area contributed by atoms with Gasteiger partial charge < -0.3 is 20.1 Å². The summed E-state index contributed by atoms with van der Waals surface area (Å²) in [5.74, 6) is 0.519. The van der Waals surface area contributed by atoms with Gasteiger partial charge in [-0.05, 0) is 24.1 Å². The largest absolute Gasteiger partial charge is 0.508 e. The van der Waals surface area contributed by atoms with Gasteiger partial charge in [-0.2, -0.15) is 0 Å². The van der Waals surface area contributed by atoms with Crippen LogP contribution in [0.2, 0.25) is 0 Å². The van der Waals surface area contributed by atoms with E-state index in [9.17, 15) is 14.7 Å². The zero-order chi connectivity index (χ0) is 16.7. The first-order valence-electron chi connectivity index (χ1n) is 7.90. The van der Waals surface area contributed by atoms with E-state index in [0.717, 1.165) is 5.56 Å². The van der Waals surface area contributed by atoms with Gasteiger partial charge in [0.05, 0.1) is 6.61 Å².